The van der Waals surface area contributed by atoms with Gasteiger partial charge in [0.15, 0.2) is 5.78 Å². The number of ketones is 1. The van der Waals surface area contributed by atoms with Crippen molar-refractivity contribution in [1.82, 2.24) is 18.5 Å². The smallest absolute Gasteiger partial charge is 0.172 e. The molecular weight excluding hydrogens is 212 g/mol. The molecule has 0 unspecified atom stereocenters. The predicted molar refractivity (Wildman–Crippen MR) is 55.9 cm³/mol. The van der Waals surface area contributed by atoms with Crippen LogP contribution in [0.15, 0.2) is 12.4 Å². The summed E-state index contributed by atoms with van der Waals surface area (Å²) in [5.41, 5.74) is 2.25. The minimum atomic E-state index is 0.0355. The third-order valence-electron chi connectivity index (χ3n) is 2.28. The van der Waals surface area contributed by atoms with Gasteiger partial charge in [0, 0.05) is 12.7 Å². The maximum atomic E-state index is 11.8. The Morgan fingerprint density at radius 1 is 1.53 bits per heavy atom. The molecule has 6 heteroatoms. The summed E-state index contributed by atoms with van der Waals surface area (Å²) >= 11 is 1.11. The molecule has 0 fully saturated rings. The molecule has 0 bridgehead atoms. The van der Waals surface area contributed by atoms with E-state index in [0.29, 0.717) is 17.7 Å². The Hall–Kier alpha value is -1.56. The van der Waals surface area contributed by atoms with Gasteiger partial charge in [-0.1, -0.05) is 0 Å². The summed E-state index contributed by atoms with van der Waals surface area (Å²) in [7, 11) is 1.82. The van der Waals surface area contributed by atoms with Crippen LogP contribution in [0.2, 0.25) is 0 Å². The van der Waals surface area contributed by atoms with Gasteiger partial charge >= 0.3 is 0 Å². The van der Waals surface area contributed by atoms with Gasteiger partial charge in [0.1, 0.15) is 0 Å². The minimum Gasteiger partial charge on any atom is -0.294 e. The molecule has 0 radical (unpaired) electrons. The van der Waals surface area contributed by atoms with E-state index in [-0.39, 0.29) is 5.78 Å². The van der Waals surface area contributed by atoms with E-state index in [0.717, 1.165) is 17.4 Å². The molecule has 0 saturated carbocycles. The predicted octanol–water partition coefficient (Wildman–Crippen LogP) is 1.01. The number of aryl methyl sites for hydroxylation is 1. The summed E-state index contributed by atoms with van der Waals surface area (Å²) in [6.45, 7) is 1.87. The van der Waals surface area contributed by atoms with Crippen molar-refractivity contribution in [2.24, 2.45) is 7.05 Å². The van der Waals surface area contributed by atoms with Crippen LogP contribution in [0.4, 0.5) is 0 Å². The van der Waals surface area contributed by atoms with Crippen LogP contribution >= 0.6 is 11.7 Å². The fourth-order valence-electron chi connectivity index (χ4n) is 1.29. The van der Waals surface area contributed by atoms with Crippen molar-refractivity contribution in [1.29, 1.82) is 0 Å². The van der Waals surface area contributed by atoms with Crippen LogP contribution in [-0.4, -0.2) is 24.3 Å². The molecule has 0 atom stereocenters. The minimum absolute atomic E-state index is 0.0355. The van der Waals surface area contributed by atoms with E-state index >= 15 is 0 Å². The van der Waals surface area contributed by atoms with Gasteiger partial charge < -0.3 is 0 Å². The zero-order chi connectivity index (χ0) is 10.8. The van der Waals surface area contributed by atoms with Crippen molar-refractivity contribution in [3.05, 3.63) is 29.3 Å². The Kier molecular flexibility index (Phi) is 2.59. The van der Waals surface area contributed by atoms with Crippen molar-refractivity contribution in [2.45, 2.75) is 13.3 Å². The molecule has 15 heavy (non-hydrogen) atoms. The zero-order valence-electron chi connectivity index (χ0n) is 8.47. The summed E-state index contributed by atoms with van der Waals surface area (Å²) in [4.78, 5) is 11.8. The summed E-state index contributed by atoms with van der Waals surface area (Å²) in [5.74, 6) is 0.0355. The first-order chi connectivity index (χ1) is 7.18. The highest BCUT2D eigenvalue weighted by Gasteiger charge is 2.14. The molecule has 2 rings (SSSR count). The molecule has 0 aromatic carbocycles. The molecular formula is C9H10N4OS. The molecule has 5 nitrogen and oxygen atoms in total. The summed E-state index contributed by atoms with van der Waals surface area (Å²) in [6.07, 6.45) is 3.51. The van der Waals surface area contributed by atoms with Crippen LogP contribution in [0.1, 0.15) is 21.7 Å². The van der Waals surface area contributed by atoms with E-state index < -0.39 is 0 Å². The number of carbonyl (C=O) groups is 1. The lowest BCUT2D eigenvalue weighted by Gasteiger charge is -1.97. The van der Waals surface area contributed by atoms with Gasteiger partial charge in [-0.15, -0.1) is 0 Å². The molecule has 2 aromatic heterocycles. The first-order valence-corrected chi connectivity index (χ1v) is 5.19. The van der Waals surface area contributed by atoms with E-state index in [1.54, 1.807) is 17.1 Å². The van der Waals surface area contributed by atoms with Crippen LogP contribution in [-0.2, 0) is 13.5 Å². The van der Waals surface area contributed by atoms with Gasteiger partial charge in [-0.3, -0.25) is 9.48 Å². The Morgan fingerprint density at radius 2 is 2.33 bits per heavy atom. The van der Waals surface area contributed by atoms with Gasteiger partial charge in [-0.05, 0) is 6.92 Å². The first-order valence-electron chi connectivity index (χ1n) is 4.46. The van der Waals surface area contributed by atoms with Gasteiger partial charge in [0.05, 0.1) is 41.8 Å². The largest absolute Gasteiger partial charge is 0.294 e. The summed E-state index contributed by atoms with van der Waals surface area (Å²) < 4.78 is 9.54. The quantitative estimate of drug-likeness (QED) is 0.727. The number of nitrogens with zero attached hydrogens (tertiary/aromatic N) is 4. The topological polar surface area (TPSA) is 60.7 Å². The molecule has 0 aliphatic carbocycles. The maximum Gasteiger partial charge on any atom is 0.172 e. The van der Waals surface area contributed by atoms with E-state index in [4.69, 9.17) is 0 Å². The number of hydrogen-bond donors (Lipinski definition) is 0. The van der Waals surface area contributed by atoms with Gasteiger partial charge in [0.2, 0.25) is 0 Å². The molecule has 0 spiro atoms. The van der Waals surface area contributed by atoms with E-state index in [1.165, 1.54) is 0 Å². The van der Waals surface area contributed by atoms with Gasteiger partial charge in [-0.25, -0.2) is 0 Å². The van der Waals surface area contributed by atoms with Gasteiger partial charge in [0.25, 0.3) is 0 Å². The number of aromatic nitrogens is 4. The zero-order valence-corrected chi connectivity index (χ0v) is 9.28. The van der Waals surface area contributed by atoms with Crippen molar-refractivity contribution in [3.8, 4) is 0 Å². The number of Topliss-reactive ketones (excluding diaryl/α,β-unsaturated/α-hetero) is 1. The van der Waals surface area contributed by atoms with Crippen LogP contribution in [0.3, 0.4) is 0 Å². The number of hydrogen-bond acceptors (Lipinski definition) is 5. The maximum absolute atomic E-state index is 11.8. The molecule has 2 aromatic rings. The summed E-state index contributed by atoms with van der Waals surface area (Å²) in [5, 5.41) is 4.03. The molecule has 0 amide bonds. The average Bonchev–Trinajstić information content (AvgIpc) is 2.79. The third-order valence-corrected chi connectivity index (χ3v) is 2.80. The highest BCUT2D eigenvalue weighted by atomic mass is 32.1. The highest BCUT2D eigenvalue weighted by molar-refractivity contribution is 6.99. The van der Waals surface area contributed by atoms with Crippen LogP contribution in [0.5, 0.6) is 0 Å². The van der Waals surface area contributed by atoms with E-state index in [9.17, 15) is 4.79 Å². The average molecular weight is 222 g/mol. The molecule has 2 heterocycles. The van der Waals surface area contributed by atoms with Gasteiger partial charge in [-0.2, -0.15) is 13.8 Å². The first kappa shape index (κ1) is 9.97. The monoisotopic (exact) mass is 222 g/mol. The lowest BCUT2D eigenvalue weighted by Crippen LogP contribution is -2.05. The van der Waals surface area contributed by atoms with Crippen molar-refractivity contribution in [2.75, 3.05) is 0 Å². The van der Waals surface area contributed by atoms with Crippen molar-refractivity contribution >= 4 is 17.5 Å². The van der Waals surface area contributed by atoms with E-state index in [2.05, 4.69) is 13.8 Å². The highest BCUT2D eigenvalue weighted by Crippen LogP contribution is 2.09. The fraction of sp³-hybridized carbons (Fsp3) is 0.333. The van der Waals surface area contributed by atoms with Crippen LogP contribution in [0.25, 0.3) is 0 Å². The number of rotatable bonds is 3. The lowest BCUT2D eigenvalue weighted by atomic mass is 10.1. The normalized spacial score (nSPS) is 10.5. The SMILES string of the molecule is Cc1c(C(=O)Cc2cnsn2)cnn1C. The van der Waals surface area contributed by atoms with Crippen LogP contribution in [0, 0.1) is 6.92 Å². The fourth-order valence-corrected chi connectivity index (χ4v) is 1.73. The molecule has 0 aliphatic heterocycles. The van der Waals surface area contributed by atoms with Crippen molar-refractivity contribution < 1.29 is 4.79 Å². The lowest BCUT2D eigenvalue weighted by molar-refractivity contribution is 0.0991. The van der Waals surface area contributed by atoms with E-state index in [1.807, 2.05) is 14.0 Å². The Bertz CT molecular complexity index is 474. The molecule has 0 aliphatic rings. The second-order valence-electron chi connectivity index (χ2n) is 3.27. The number of carbonyl (C=O) groups excluding carboxylic acids is 1. The second kappa shape index (κ2) is 3.90. The summed E-state index contributed by atoms with van der Waals surface area (Å²) in [6, 6.07) is 0. The Morgan fingerprint density at radius 3 is 2.87 bits per heavy atom. The Labute approximate surface area is 91.1 Å². The second-order valence-corrected chi connectivity index (χ2v) is 3.82. The molecule has 0 saturated heterocycles. The Balaban J connectivity index is 2.19. The van der Waals surface area contributed by atoms with Crippen LogP contribution < -0.4 is 0 Å². The molecule has 78 valence electrons. The standard InChI is InChI=1S/C9H10N4OS/c1-6-8(5-10-13(6)2)9(14)3-7-4-11-15-12-7/h4-5H,3H2,1-2H3. The van der Waals surface area contributed by atoms with Crippen molar-refractivity contribution in [3.63, 3.8) is 0 Å². The molecule has 0 N–H and O–H groups in total. The third kappa shape index (κ3) is 1.94.